The highest BCUT2D eigenvalue weighted by molar-refractivity contribution is 5.85. The molecule has 0 atom stereocenters. The second-order valence-electron chi connectivity index (χ2n) is 5.31. The van der Waals surface area contributed by atoms with Crippen LogP contribution in [-0.4, -0.2) is 24.9 Å². The van der Waals surface area contributed by atoms with Crippen LogP contribution >= 0.6 is 0 Å². The molecule has 6 heteroatoms. The van der Waals surface area contributed by atoms with Gasteiger partial charge in [0.25, 0.3) is 0 Å². The first-order valence-corrected chi connectivity index (χ1v) is 7.55. The maximum absolute atomic E-state index is 13.0. The Morgan fingerprint density at radius 2 is 1.58 bits per heavy atom. The third kappa shape index (κ3) is 6.16. The second-order valence-corrected chi connectivity index (χ2v) is 5.31. The molecule has 2 aromatic rings. The van der Waals surface area contributed by atoms with Crippen LogP contribution in [0.3, 0.4) is 0 Å². The van der Waals surface area contributed by atoms with Crippen molar-refractivity contribution < 1.29 is 18.4 Å². The quantitative estimate of drug-likeness (QED) is 0.815. The Balaban J connectivity index is 1.65. The van der Waals surface area contributed by atoms with E-state index in [9.17, 15) is 18.4 Å². The first kappa shape index (κ1) is 17.6. The van der Waals surface area contributed by atoms with E-state index in [1.807, 2.05) is 0 Å². The third-order valence-electron chi connectivity index (χ3n) is 3.35. The van der Waals surface area contributed by atoms with E-state index in [2.05, 4.69) is 10.6 Å². The van der Waals surface area contributed by atoms with Crippen LogP contribution in [0.2, 0.25) is 0 Å². The molecule has 2 N–H and O–H groups in total. The van der Waals surface area contributed by atoms with Gasteiger partial charge in [0.05, 0.1) is 13.0 Å². The van der Waals surface area contributed by atoms with Crippen molar-refractivity contribution >= 4 is 11.8 Å². The minimum absolute atomic E-state index is 0.0145. The number of carbonyl (C=O) groups is 2. The fourth-order valence-electron chi connectivity index (χ4n) is 2.13. The van der Waals surface area contributed by atoms with Gasteiger partial charge in [0, 0.05) is 6.54 Å². The molecule has 126 valence electrons. The molecule has 0 radical (unpaired) electrons. The zero-order valence-electron chi connectivity index (χ0n) is 13.0. The lowest BCUT2D eigenvalue weighted by Gasteiger charge is -2.07. The molecule has 2 rings (SSSR count). The summed E-state index contributed by atoms with van der Waals surface area (Å²) in [5.41, 5.74) is 1.45. The molecule has 0 bridgehead atoms. The first-order valence-electron chi connectivity index (χ1n) is 7.55. The lowest BCUT2D eigenvalue weighted by atomic mass is 10.1. The van der Waals surface area contributed by atoms with Gasteiger partial charge in [-0.2, -0.15) is 0 Å². The summed E-state index contributed by atoms with van der Waals surface area (Å²) in [6.07, 6.45) is 0.587. The fraction of sp³-hybridized carbons (Fsp3) is 0.222. The van der Waals surface area contributed by atoms with Crippen molar-refractivity contribution in [2.75, 3.05) is 13.1 Å². The van der Waals surface area contributed by atoms with Gasteiger partial charge < -0.3 is 10.6 Å². The normalized spacial score (nSPS) is 10.2. The highest BCUT2D eigenvalue weighted by atomic mass is 19.1. The highest BCUT2D eigenvalue weighted by Gasteiger charge is 2.07. The van der Waals surface area contributed by atoms with Gasteiger partial charge in [0.1, 0.15) is 11.6 Å². The number of hydrogen-bond donors (Lipinski definition) is 2. The predicted molar refractivity (Wildman–Crippen MR) is 86.2 cm³/mol. The smallest absolute Gasteiger partial charge is 0.239 e. The van der Waals surface area contributed by atoms with E-state index >= 15 is 0 Å². The van der Waals surface area contributed by atoms with Crippen molar-refractivity contribution in [3.05, 3.63) is 71.3 Å². The minimum Gasteiger partial charge on any atom is -0.354 e. The van der Waals surface area contributed by atoms with E-state index in [1.165, 1.54) is 30.3 Å². The van der Waals surface area contributed by atoms with Gasteiger partial charge >= 0.3 is 0 Å². The molecule has 0 fully saturated rings. The van der Waals surface area contributed by atoms with Crippen molar-refractivity contribution in [3.8, 4) is 0 Å². The van der Waals surface area contributed by atoms with E-state index in [0.717, 1.165) is 5.56 Å². The SMILES string of the molecule is O=C(CNC(=O)Cc1cccc(F)c1)NCCc1ccc(F)cc1. The highest BCUT2D eigenvalue weighted by Crippen LogP contribution is 2.04. The lowest BCUT2D eigenvalue weighted by molar-refractivity contribution is -0.125. The number of hydrogen-bond acceptors (Lipinski definition) is 2. The van der Waals surface area contributed by atoms with Gasteiger partial charge in [-0.25, -0.2) is 8.78 Å². The van der Waals surface area contributed by atoms with Crippen LogP contribution in [0.15, 0.2) is 48.5 Å². The maximum atomic E-state index is 13.0. The van der Waals surface area contributed by atoms with Crippen molar-refractivity contribution in [3.63, 3.8) is 0 Å². The molecule has 4 nitrogen and oxygen atoms in total. The molecule has 0 aliphatic rings. The molecule has 0 spiro atoms. The molecule has 2 aromatic carbocycles. The molecule has 0 saturated carbocycles. The molecule has 0 aliphatic heterocycles. The van der Waals surface area contributed by atoms with E-state index in [0.29, 0.717) is 18.5 Å². The lowest BCUT2D eigenvalue weighted by Crippen LogP contribution is -2.38. The number of benzene rings is 2. The zero-order chi connectivity index (χ0) is 17.4. The van der Waals surface area contributed by atoms with Gasteiger partial charge in [-0.3, -0.25) is 9.59 Å². The summed E-state index contributed by atoms with van der Waals surface area (Å²) in [4.78, 5) is 23.4. The van der Waals surface area contributed by atoms with Crippen molar-refractivity contribution in [1.82, 2.24) is 10.6 Å². The van der Waals surface area contributed by atoms with Crippen molar-refractivity contribution in [2.24, 2.45) is 0 Å². The van der Waals surface area contributed by atoms with Crippen LogP contribution < -0.4 is 10.6 Å². The van der Waals surface area contributed by atoms with Crippen LogP contribution in [0.5, 0.6) is 0 Å². The molecule has 0 heterocycles. The summed E-state index contributed by atoms with van der Waals surface area (Å²) >= 11 is 0. The summed E-state index contributed by atoms with van der Waals surface area (Å²) < 4.78 is 25.8. The molecule has 24 heavy (non-hydrogen) atoms. The van der Waals surface area contributed by atoms with Gasteiger partial charge in [-0.05, 0) is 41.8 Å². The Bertz CT molecular complexity index is 702. The summed E-state index contributed by atoms with van der Waals surface area (Å²) in [6.45, 7) is 0.252. The van der Waals surface area contributed by atoms with Gasteiger partial charge in [-0.15, -0.1) is 0 Å². The monoisotopic (exact) mass is 332 g/mol. The van der Waals surface area contributed by atoms with Crippen molar-refractivity contribution in [1.29, 1.82) is 0 Å². The van der Waals surface area contributed by atoms with Crippen molar-refractivity contribution in [2.45, 2.75) is 12.8 Å². The number of halogens is 2. The Kier molecular flexibility index (Phi) is 6.42. The van der Waals surface area contributed by atoms with E-state index in [4.69, 9.17) is 0 Å². The topological polar surface area (TPSA) is 58.2 Å². The molecule has 0 aliphatic carbocycles. The van der Waals surface area contributed by atoms with Crippen LogP contribution in [0.1, 0.15) is 11.1 Å². The van der Waals surface area contributed by atoms with E-state index in [-0.39, 0.29) is 30.6 Å². The number of amides is 2. The zero-order valence-corrected chi connectivity index (χ0v) is 13.0. The molecular formula is C18H18F2N2O2. The van der Waals surface area contributed by atoms with Crippen LogP contribution in [0.25, 0.3) is 0 Å². The van der Waals surface area contributed by atoms with Crippen LogP contribution in [-0.2, 0) is 22.4 Å². The number of carbonyl (C=O) groups excluding carboxylic acids is 2. The summed E-state index contributed by atoms with van der Waals surface area (Å²) in [5.74, 6) is -1.37. The maximum Gasteiger partial charge on any atom is 0.239 e. The molecule has 0 aromatic heterocycles. The Hall–Kier alpha value is -2.76. The summed E-state index contributed by atoms with van der Waals surface area (Å²) in [6, 6.07) is 11.8. The number of nitrogens with one attached hydrogen (secondary N) is 2. The average molecular weight is 332 g/mol. The van der Waals surface area contributed by atoms with Gasteiger partial charge in [-0.1, -0.05) is 24.3 Å². The first-order chi connectivity index (χ1) is 11.5. The molecular weight excluding hydrogens is 314 g/mol. The Labute approximate surface area is 138 Å². The summed E-state index contributed by atoms with van der Waals surface area (Å²) in [5, 5.41) is 5.15. The largest absolute Gasteiger partial charge is 0.354 e. The third-order valence-corrected chi connectivity index (χ3v) is 3.35. The van der Waals surface area contributed by atoms with Crippen LogP contribution in [0, 0.1) is 11.6 Å². The fourth-order valence-corrected chi connectivity index (χ4v) is 2.13. The van der Waals surface area contributed by atoms with Gasteiger partial charge in [0.2, 0.25) is 11.8 Å². The summed E-state index contributed by atoms with van der Waals surface area (Å²) in [7, 11) is 0. The van der Waals surface area contributed by atoms with E-state index in [1.54, 1.807) is 18.2 Å². The molecule has 0 saturated heterocycles. The number of rotatable bonds is 7. The predicted octanol–water partition coefficient (Wildman–Crippen LogP) is 1.98. The van der Waals surface area contributed by atoms with E-state index < -0.39 is 5.82 Å². The molecule has 2 amide bonds. The Morgan fingerprint density at radius 1 is 0.833 bits per heavy atom. The minimum atomic E-state index is -0.404. The second kappa shape index (κ2) is 8.76. The average Bonchev–Trinajstić information content (AvgIpc) is 2.55. The van der Waals surface area contributed by atoms with Gasteiger partial charge in [0.15, 0.2) is 0 Å². The standard InChI is InChI=1S/C18H18F2N2O2/c19-15-6-4-13(5-7-15)8-9-21-18(24)12-22-17(23)11-14-2-1-3-16(20)10-14/h1-7,10H,8-9,11-12H2,(H,21,24)(H,22,23). The van der Waals surface area contributed by atoms with Crippen LogP contribution in [0.4, 0.5) is 8.78 Å². The molecule has 0 unspecified atom stereocenters. The Morgan fingerprint density at radius 3 is 2.29 bits per heavy atom.